The Hall–Kier alpha value is -0.620. The second-order valence-electron chi connectivity index (χ2n) is 5.29. The summed E-state index contributed by atoms with van der Waals surface area (Å²) in [4.78, 5) is 14.6. The Morgan fingerprint density at radius 1 is 1.44 bits per heavy atom. The lowest BCUT2D eigenvalue weighted by molar-refractivity contribution is 0.0728. The molecule has 2 aliphatic heterocycles. The number of hydrogen-bond donors (Lipinski definition) is 1. The molecule has 0 spiro atoms. The van der Waals surface area contributed by atoms with Gasteiger partial charge >= 0.3 is 0 Å². The molecule has 1 N–H and O–H groups in total. The van der Waals surface area contributed by atoms with Crippen LogP contribution >= 0.6 is 22.6 Å². The van der Waals surface area contributed by atoms with Gasteiger partial charge < -0.3 is 10.2 Å². The SMILES string of the molecule is CC1C2CNCC2CN1C(=O)c1cccc(I)c1. The third-order valence-corrected chi connectivity index (χ3v) is 4.94. The highest BCUT2D eigenvalue weighted by Gasteiger charge is 2.43. The Morgan fingerprint density at radius 2 is 2.28 bits per heavy atom. The zero-order chi connectivity index (χ0) is 12.7. The maximum atomic E-state index is 12.5. The van der Waals surface area contributed by atoms with Crippen LogP contribution < -0.4 is 5.32 Å². The van der Waals surface area contributed by atoms with Crippen LogP contribution in [0.15, 0.2) is 24.3 Å². The van der Waals surface area contributed by atoms with Crippen molar-refractivity contribution < 1.29 is 4.79 Å². The number of carbonyl (C=O) groups excluding carboxylic acids is 1. The molecule has 0 aromatic heterocycles. The van der Waals surface area contributed by atoms with Crippen LogP contribution in [0.25, 0.3) is 0 Å². The molecule has 96 valence electrons. The zero-order valence-electron chi connectivity index (χ0n) is 10.4. The first-order valence-corrected chi connectivity index (χ1v) is 7.52. The number of carbonyl (C=O) groups is 1. The van der Waals surface area contributed by atoms with E-state index in [0.29, 0.717) is 17.9 Å². The fourth-order valence-electron chi connectivity index (χ4n) is 3.22. The molecule has 0 saturated carbocycles. The molecule has 1 aromatic rings. The summed E-state index contributed by atoms with van der Waals surface area (Å²) >= 11 is 2.25. The first-order valence-electron chi connectivity index (χ1n) is 6.44. The molecule has 3 nitrogen and oxygen atoms in total. The smallest absolute Gasteiger partial charge is 0.254 e. The van der Waals surface area contributed by atoms with Crippen molar-refractivity contribution >= 4 is 28.5 Å². The first kappa shape index (κ1) is 12.4. The van der Waals surface area contributed by atoms with Crippen molar-refractivity contribution in [3.63, 3.8) is 0 Å². The van der Waals surface area contributed by atoms with Gasteiger partial charge in [-0.05, 0) is 59.5 Å². The second kappa shape index (κ2) is 4.81. The van der Waals surface area contributed by atoms with Crippen molar-refractivity contribution in [1.29, 1.82) is 0 Å². The summed E-state index contributed by atoms with van der Waals surface area (Å²) in [5, 5.41) is 3.42. The van der Waals surface area contributed by atoms with Crippen LogP contribution in [0.5, 0.6) is 0 Å². The van der Waals surface area contributed by atoms with Gasteiger partial charge in [0.05, 0.1) is 0 Å². The lowest BCUT2D eigenvalue weighted by atomic mass is 9.95. The molecule has 4 heteroatoms. The van der Waals surface area contributed by atoms with E-state index in [1.807, 2.05) is 24.3 Å². The molecule has 3 atom stereocenters. The Kier molecular flexibility index (Phi) is 3.32. The summed E-state index contributed by atoms with van der Waals surface area (Å²) in [7, 11) is 0. The number of halogens is 1. The molecule has 2 fully saturated rings. The van der Waals surface area contributed by atoms with Crippen molar-refractivity contribution in [3.05, 3.63) is 33.4 Å². The van der Waals surface area contributed by atoms with Gasteiger partial charge in [-0.25, -0.2) is 0 Å². The lowest BCUT2D eigenvalue weighted by Gasteiger charge is -2.24. The highest BCUT2D eigenvalue weighted by Crippen LogP contribution is 2.33. The predicted molar refractivity (Wildman–Crippen MR) is 79.5 cm³/mol. The highest BCUT2D eigenvalue weighted by molar-refractivity contribution is 14.1. The molecule has 3 unspecified atom stereocenters. The number of hydrogen-bond acceptors (Lipinski definition) is 2. The molecule has 1 aromatic carbocycles. The number of amides is 1. The highest BCUT2D eigenvalue weighted by atomic mass is 127. The maximum Gasteiger partial charge on any atom is 0.254 e. The summed E-state index contributed by atoms with van der Waals surface area (Å²) in [6.45, 7) is 5.21. The Bertz CT molecular complexity index is 477. The summed E-state index contributed by atoms with van der Waals surface area (Å²) < 4.78 is 1.12. The van der Waals surface area contributed by atoms with E-state index in [2.05, 4.69) is 39.7 Å². The average Bonchev–Trinajstić information content (AvgIpc) is 2.92. The molecule has 18 heavy (non-hydrogen) atoms. The van der Waals surface area contributed by atoms with E-state index in [4.69, 9.17) is 0 Å². The van der Waals surface area contributed by atoms with Crippen LogP contribution in [0.4, 0.5) is 0 Å². The number of benzene rings is 1. The third kappa shape index (κ3) is 2.05. The maximum absolute atomic E-state index is 12.5. The van der Waals surface area contributed by atoms with E-state index in [-0.39, 0.29) is 5.91 Å². The van der Waals surface area contributed by atoms with Crippen LogP contribution in [-0.2, 0) is 0 Å². The van der Waals surface area contributed by atoms with Crippen LogP contribution in [0.3, 0.4) is 0 Å². The van der Waals surface area contributed by atoms with Crippen molar-refractivity contribution in [3.8, 4) is 0 Å². The number of fused-ring (bicyclic) bond motifs is 1. The molecule has 2 saturated heterocycles. The molecule has 2 aliphatic rings. The first-order chi connectivity index (χ1) is 8.66. The minimum absolute atomic E-state index is 0.190. The van der Waals surface area contributed by atoms with Crippen LogP contribution in [0.1, 0.15) is 17.3 Å². The number of likely N-dealkylation sites (tertiary alicyclic amines) is 1. The fourth-order valence-corrected chi connectivity index (χ4v) is 3.77. The van der Waals surface area contributed by atoms with E-state index >= 15 is 0 Å². The van der Waals surface area contributed by atoms with E-state index in [1.54, 1.807) is 0 Å². The lowest BCUT2D eigenvalue weighted by Crippen LogP contribution is -2.38. The van der Waals surface area contributed by atoms with Gasteiger partial charge in [0.25, 0.3) is 5.91 Å². The van der Waals surface area contributed by atoms with Gasteiger partial charge in [0.15, 0.2) is 0 Å². The van der Waals surface area contributed by atoms with Gasteiger partial charge in [-0.15, -0.1) is 0 Å². The van der Waals surface area contributed by atoms with Crippen LogP contribution in [-0.4, -0.2) is 36.5 Å². The van der Waals surface area contributed by atoms with Gasteiger partial charge in [-0.2, -0.15) is 0 Å². The summed E-state index contributed by atoms with van der Waals surface area (Å²) in [5.41, 5.74) is 0.821. The molecule has 0 radical (unpaired) electrons. The Balaban J connectivity index is 1.81. The van der Waals surface area contributed by atoms with Crippen molar-refractivity contribution in [2.24, 2.45) is 11.8 Å². The second-order valence-corrected chi connectivity index (χ2v) is 6.54. The fraction of sp³-hybridized carbons (Fsp3) is 0.500. The summed E-state index contributed by atoms with van der Waals surface area (Å²) in [5.74, 6) is 1.47. The standard InChI is InChI=1S/C14H17IN2O/c1-9-13-7-16-6-11(13)8-17(9)14(18)10-3-2-4-12(15)5-10/h2-5,9,11,13,16H,6-8H2,1H3. The molecule has 3 rings (SSSR count). The molecule has 0 bridgehead atoms. The largest absolute Gasteiger partial charge is 0.335 e. The predicted octanol–water partition coefficient (Wildman–Crippen LogP) is 1.97. The van der Waals surface area contributed by atoms with Crippen molar-refractivity contribution in [2.45, 2.75) is 13.0 Å². The van der Waals surface area contributed by atoms with Crippen molar-refractivity contribution in [2.75, 3.05) is 19.6 Å². The quantitative estimate of drug-likeness (QED) is 0.781. The molecular formula is C14H17IN2O. The van der Waals surface area contributed by atoms with E-state index in [0.717, 1.165) is 28.8 Å². The van der Waals surface area contributed by atoms with Gasteiger partial charge in [0.1, 0.15) is 0 Å². The van der Waals surface area contributed by atoms with Gasteiger partial charge in [0.2, 0.25) is 0 Å². The van der Waals surface area contributed by atoms with E-state index in [1.165, 1.54) is 0 Å². The van der Waals surface area contributed by atoms with Gasteiger partial charge in [-0.1, -0.05) is 6.07 Å². The Morgan fingerprint density at radius 3 is 3.00 bits per heavy atom. The monoisotopic (exact) mass is 356 g/mol. The van der Waals surface area contributed by atoms with Crippen LogP contribution in [0, 0.1) is 15.4 Å². The normalized spacial score (nSPS) is 30.6. The average molecular weight is 356 g/mol. The van der Waals surface area contributed by atoms with E-state index in [9.17, 15) is 4.79 Å². The van der Waals surface area contributed by atoms with Crippen LogP contribution in [0.2, 0.25) is 0 Å². The van der Waals surface area contributed by atoms with Gasteiger partial charge in [-0.3, -0.25) is 4.79 Å². The number of nitrogens with one attached hydrogen (secondary N) is 1. The van der Waals surface area contributed by atoms with Gasteiger partial charge in [0, 0.05) is 34.8 Å². The summed E-state index contributed by atoms with van der Waals surface area (Å²) in [6.07, 6.45) is 0. The molecule has 1 amide bonds. The third-order valence-electron chi connectivity index (χ3n) is 4.27. The number of rotatable bonds is 1. The molecular weight excluding hydrogens is 339 g/mol. The minimum atomic E-state index is 0.190. The minimum Gasteiger partial charge on any atom is -0.335 e. The molecule has 0 aliphatic carbocycles. The van der Waals surface area contributed by atoms with Crippen molar-refractivity contribution in [1.82, 2.24) is 10.2 Å². The zero-order valence-corrected chi connectivity index (χ0v) is 12.6. The van der Waals surface area contributed by atoms with E-state index < -0.39 is 0 Å². The topological polar surface area (TPSA) is 32.3 Å². The number of nitrogens with zero attached hydrogens (tertiary/aromatic N) is 1. The molecule has 2 heterocycles. The summed E-state index contributed by atoms with van der Waals surface area (Å²) in [6, 6.07) is 8.22. The Labute approximate surface area is 121 Å².